The van der Waals surface area contributed by atoms with Gasteiger partial charge in [0, 0.05) is 23.2 Å². The number of hydrogen-bond acceptors (Lipinski definition) is 5. The van der Waals surface area contributed by atoms with Crippen molar-refractivity contribution in [1.82, 2.24) is 5.32 Å². The molecule has 23 heavy (non-hydrogen) atoms. The first-order valence-corrected chi connectivity index (χ1v) is 8.49. The molecular weight excluding hydrogens is 319 g/mol. The van der Waals surface area contributed by atoms with Crippen LogP contribution in [0.1, 0.15) is 21.5 Å². The first-order chi connectivity index (χ1) is 11.0. The zero-order valence-corrected chi connectivity index (χ0v) is 12.7. The van der Waals surface area contributed by atoms with E-state index in [2.05, 4.69) is 10.3 Å². The molecule has 0 fully saturated rings. The van der Waals surface area contributed by atoms with Crippen LogP contribution in [0.15, 0.2) is 51.2 Å². The van der Waals surface area contributed by atoms with E-state index in [4.69, 9.17) is 0 Å². The average molecular weight is 330 g/mol. The summed E-state index contributed by atoms with van der Waals surface area (Å²) in [7, 11) is -3.87. The standard InChI is InChI=1S/C16H11FN2O3S/c17-10-2-4-13-12(8-10)15(20)11-3-1-9(16-18-5-6-19-16)7-14(11)23(13,21)22/h1-4,7-8H,5-6H2,(H,18,19). The topological polar surface area (TPSA) is 75.6 Å². The molecule has 0 unspecified atom stereocenters. The van der Waals surface area contributed by atoms with Crippen molar-refractivity contribution in [1.29, 1.82) is 0 Å². The number of carbonyl (C=O) groups excluding carboxylic acids is 1. The lowest BCUT2D eigenvalue weighted by Gasteiger charge is -2.19. The zero-order valence-electron chi connectivity index (χ0n) is 11.8. The van der Waals surface area contributed by atoms with Crippen molar-refractivity contribution in [2.75, 3.05) is 13.1 Å². The molecule has 0 bridgehead atoms. The van der Waals surface area contributed by atoms with Gasteiger partial charge in [0.15, 0.2) is 5.78 Å². The fourth-order valence-corrected chi connectivity index (χ4v) is 4.51. The first kappa shape index (κ1) is 14.1. The highest BCUT2D eigenvalue weighted by Crippen LogP contribution is 2.35. The minimum absolute atomic E-state index is 0.0597. The highest BCUT2D eigenvalue weighted by atomic mass is 32.2. The van der Waals surface area contributed by atoms with Gasteiger partial charge in [-0.15, -0.1) is 0 Å². The smallest absolute Gasteiger partial charge is 0.208 e. The Morgan fingerprint density at radius 1 is 1.04 bits per heavy atom. The highest BCUT2D eigenvalue weighted by Gasteiger charge is 2.35. The summed E-state index contributed by atoms with van der Waals surface area (Å²) >= 11 is 0. The maximum atomic E-state index is 13.4. The van der Waals surface area contributed by atoms with E-state index in [1.54, 1.807) is 6.07 Å². The molecule has 0 spiro atoms. The summed E-state index contributed by atoms with van der Waals surface area (Å²) in [4.78, 5) is 16.5. The average Bonchev–Trinajstić information content (AvgIpc) is 3.07. The Labute approximate surface area is 131 Å². The molecule has 0 aromatic heterocycles. The van der Waals surface area contributed by atoms with Crippen molar-refractivity contribution in [3.05, 3.63) is 58.9 Å². The van der Waals surface area contributed by atoms with Crippen LogP contribution in [-0.2, 0) is 9.84 Å². The molecule has 0 amide bonds. The van der Waals surface area contributed by atoms with Gasteiger partial charge >= 0.3 is 0 Å². The van der Waals surface area contributed by atoms with Crippen LogP contribution in [-0.4, -0.2) is 33.1 Å². The van der Waals surface area contributed by atoms with Crippen molar-refractivity contribution in [2.45, 2.75) is 9.79 Å². The number of sulfone groups is 1. The van der Waals surface area contributed by atoms with Gasteiger partial charge in [0.1, 0.15) is 11.7 Å². The number of nitrogens with one attached hydrogen (secondary N) is 1. The molecule has 0 radical (unpaired) electrons. The van der Waals surface area contributed by atoms with Gasteiger partial charge in [0.2, 0.25) is 9.84 Å². The molecule has 2 aromatic rings. The summed E-state index contributed by atoms with van der Waals surface area (Å²) in [5, 5.41) is 3.07. The zero-order chi connectivity index (χ0) is 16.2. The lowest BCUT2D eigenvalue weighted by atomic mass is 10.0. The quantitative estimate of drug-likeness (QED) is 0.687. The number of carbonyl (C=O) groups is 1. The molecule has 0 aliphatic carbocycles. The Bertz CT molecular complexity index is 996. The van der Waals surface area contributed by atoms with Gasteiger partial charge in [-0.3, -0.25) is 9.79 Å². The Morgan fingerprint density at radius 3 is 2.61 bits per heavy atom. The highest BCUT2D eigenvalue weighted by molar-refractivity contribution is 7.91. The van der Waals surface area contributed by atoms with E-state index in [9.17, 15) is 17.6 Å². The number of amidine groups is 1. The van der Waals surface area contributed by atoms with E-state index in [1.807, 2.05) is 0 Å². The molecule has 2 heterocycles. The summed E-state index contributed by atoms with van der Waals surface area (Å²) in [6.07, 6.45) is 0. The van der Waals surface area contributed by atoms with E-state index < -0.39 is 21.4 Å². The molecule has 0 saturated carbocycles. The second-order valence-electron chi connectivity index (χ2n) is 5.34. The number of nitrogens with zero attached hydrogens (tertiary/aromatic N) is 1. The van der Waals surface area contributed by atoms with Crippen LogP contribution in [0.25, 0.3) is 0 Å². The summed E-state index contributed by atoms with van der Waals surface area (Å²) in [6, 6.07) is 7.70. The third-order valence-corrected chi connectivity index (χ3v) is 5.79. The maximum Gasteiger partial charge on any atom is 0.208 e. The Morgan fingerprint density at radius 2 is 1.87 bits per heavy atom. The Kier molecular flexibility index (Phi) is 2.89. The largest absolute Gasteiger partial charge is 0.368 e. The van der Waals surface area contributed by atoms with Crippen molar-refractivity contribution >= 4 is 21.5 Å². The molecule has 2 aromatic carbocycles. The third-order valence-electron chi connectivity index (χ3n) is 3.94. The molecule has 0 atom stereocenters. The lowest BCUT2D eigenvalue weighted by molar-refractivity contribution is 0.103. The predicted molar refractivity (Wildman–Crippen MR) is 81.1 cm³/mol. The third kappa shape index (κ3) is 2.00. The number of fused-ring (bicyclic) bond motifs is 2. The Balaban J connectivity index is 1.97. The van der Waals surface area contributed by atoms with Gasteiger partial charge in [-0.2, -0.15) is 0 Å². The van der Waals surface area contributed by atoms with Crippen molar-refractivity contribution in [3.8, 4) is 0 Å². The number of hydrogen-bond donors (Lipinski definition) is 1. The molecule has 4 rings (SSSR count). The van der Waals surface area contributed by atoms with Crippen molar-refractivity contribution in [3.63, 3.8) is 0 Å². The minimum Gasteiger partial charge on any atom is -0.368 e. The summed E-state index contributed by atoms with van der Waals surface area (Å²) < 4.78 is 39.0. The number of aliphatic imine (C=N–C) groups is 1. The van der Waals surface area contributed by atoms with Crippen LogP contribution in [0.4, 0.5) is 4.39 Å². The fraction of sp³-hybridized carbons (Fsp3) is 0.125. The molecule has 7 heteroatoms. The Hall–Kier alpha value is -2.54. The molecule has 0 saturated heterocycles. The van der Waals surface area contributed by atoms with Gasteiger partial charge in [0.05, 0.1) is 16.3 Å². The van der Waals surface area contributed by atoms with E-state index in [-0.39, 0.29) is 20.9 Å². The van der Waals surface area contributed by atoms with Crippen LogP contribution in [0.5, 0.6) is 0 Å². The number of rotatable bonds is 1. The SMILES string of the molecule is O=C1c2cc(F)ccc2S(=O)(=O)c2cc(C3=NCCN3)ccc21. The fourth-order valence-electron chi connectivity index (χ4n) is 2.85. The molecular formula is C16H11FN2O3S. The first-order valence-electron chi connectivity index (χ1n) is 7.00. The molecule has 5 nitrogen and oxygen atoms in total. The van der Waals surface area contributed by atoms with Crippen LogP contribution in [0.2, 0.25) is 0 Å². The van der Waals surface area contributed by atoms with E-state index in [0.717, 1.165) is 18.2 Å². The summed E-state index contributed by atoms with van der Waals surface area (Å²) in [5.74, 6) is -0.519. The summed E-state index contributed by atoms with van der Waals surface area (Å²) in [5.41, 5.74) is 0.551. The normalized spacial score (nSPS) is 18.0. The molecule has 116 valence electrons. The van der Waals surface area contributed by atoms with Gasteiger partial charge in [0.25, 0.3) is 0 Å². The second kappa shape index (κ2) is 4.73. The van der Waals surface area contributed by atoms with Crippen molar-refractivity contribution < 1.29 is 17.6 Å². The number of halogens is 1. The molecule has 1 N–H and O–H groups in total. The van der Waals surface area contributed by atoms with Crippen LogP contribution in [0, 0.1) is 5.82 Å². The lowest BCUT2D eigenvalue weighted by Crippen LogP contribution is -2.23. The maximum absolute atomic E-state index is 13.4. The second-order valence-corrected chi connectivity index (χ2v) is 7.23. The van der Waals surface area contributed by atoms with Gasteiger partial charge in [-0.05, 0) is 30.3 Å². The van der Waals surface area contributed by atoms with Crippen LogP contribution >= 0.6 is 0 Å². The van der Waals surface area contributed by atoms with Gasteiger partial charge in [-0.1, -0.05) is 6.07 Å². The van der Waals surface area contributed by atoms with Crippen molar-refractivity contribution in [2.24, 2.45) is 4.99 Å². The molecule has 2 aliphatic rings. The van der Waals surface area contributed by atoms with E-state index in [1.165, 1.54) is 12.1 Å². The van der Waals surface area contributed by atoms with E-state index >= 15 is 0 Å². The van der Waals surface area contributed by atoms with Gasteiger partial charge in [-0.25, -0.2) is 12.8 Å². The minimum atomic E-state index is -3.87. The van der Waals surface area contributed by atoms with Crippen LogP contribution < -0.4 is 5.32 Å². The molecule has 2 aliphatic heterocycles. The summed E-state index contributed by atoms with van der Waals surface area (Å²) in [6.45, 7) is 1.32. The number of benzene rings is 2. The van der Waals surface area contributed by atoms with E-state index in [0.29, 0.717) is 24.5 Å². The predicted octanol–water partition coefficient (Wildman–Crippen LogP) is 1.55. The monoisotopic (exact) mass is 330 g/mol. The number of ketones is 1. The van der Waals surface area contributed by atoms with Gasteiger partial charge < -0.3 is 5.32 Å². The van der Waals surface area contributed by atoms with Crippen LogP contribution in [0.3, 0.4) is 0 Å².